The van der Waals surface area contributed by atoms with E-state index in [9.17, 15) is 4.79 Å². The van der Waals surface area contributed by atoms with Gasteiger partial charge in [-0.3, -0.25) is 4.79 Å². The molecule has 4 bridgehead atoms. The fraction of sp³-hybridized carbons (Fsp3) is 0.842. The summed E-state index contributed by atoms with van der Waals surface area (Å²) in [6.07, 6.45) is 11.7. The van der Waals surface area contributed by atoms with Gasteiger partial charge in [-0.2, -0.15) is 0 Å². The van der Waals surface area contributed by atoms with Crippen LogP contribution in [0.5, 0.6) is 0 Å². The summed E-state index contributed by atoms with van der Waals surface area (Å²) in [5.74, 6) is 3.75. The highest BCUT2D eigenvalue weighted by Crippen LogP contribution is 2.64. The van der Waals surface area contributed by atoms with Gasteiger partial charge < -0.3 is 9.88 Å². The van der Waals surface area contributed by atoms with Crippen LogP contribution in [0.1, 0.15) is 69.4 Å². The van der Waals surface area contributed by atoms with Gasteiger partial charge in [0.25, 0.3) is 0 Å². The molecule has 2 heterocycles. The van der Waals surface area contributed by atoms with Crippen molar-refractivity contribution in [3.63, 3.8) is 0 Å². The third kappa shape index (κ3) is 2.75. The second kappa shape index (κ2) is 5.80. The van der Waals surface area contributed by atoms with Crippen molar-refractivity contribution in [1.82, 2.24) is 20.1 Å². The summed E-state index contributed by atoms with van der Waals surface area (Å²) in [5, 5.41) is 12.0. The number of fused-ring (bicyclic) bond motifs is 1. The van der Waals surface area contributed by atoms with Crippen LogP contribution in [0.3, 0.4) is 0 Å². The first kappa shape index (κ1) is 16.3. The number of carbonyl (C=O) groups is 1. The molecule has 6 rings (SSSR count). The van der Waals surface area contributed by atoms with Crippen LogP contribution in [0.25, 0.3) is 0 Å². The monoisotopic (exact) mass is 406 g/mol. The summed E-state index contributed by atoms with van der Waals surface area (Å²) in [6.45, 7) is 1.52. The average molecular weight is 407 g/mol. The summed E-state index contributed by atoms with van der Waals surface area (Å²) < 4.78 is 2.46. The van der Waals surface area contributed by atoms with Crippen molar-refractivity contribution < 1.29 is 4.79 Å². The maximum atomic E-state index is 13.2. The average Bonchev–Trinajstić information content (AvgIpc) is 2.77. The second-order valence-corrected chi connectivity index (χ2v) is 10.8. The molecule has 0 radical (unpaired) electrons. The van der Waals surface area contributed by atoms with Gasteiger partial charge in [0, 0.05) is 17.3 Å². The molecule has 5 aliphatic rings. The van der Waals surface area contributed by atoms with E-state index < -0.39 is 0 Å². The Labute approximate surface area is 157 Å². The third-order valence-electron chi connectivity index (χ3n) is 7.06. The number of nitrogens with zero attached hydrogens (tertiary/aromatic N) is 3. The van der Waals surface area contributed by atoms with E-state index in [1.165, 1.54) is 38.5 Å². The van der Waals surface area contributed by atoms with Crippen LogP contribution in [-0.2, 0) is 24.3 Å². The molecule has 4 aliphatic carbocycles. The van der Waals surface area contributed by atoms with E-state index >= 15 is 0 Å². The number of aryl methyl sites for hydroxylation is 1. The topological polar surface area (TPSA) is 59.8 Å². The van der Waals surface area contributed by atoms with Crippen molar-refractivity contribution in [3.05, 3.63) is 11.6 Å². The number of hydrogen-bond acceptors (Lipinski definition) is 3. The van der Waals surface area contributed by atoms with Crippen LogP contribution >= 0.6 is 15.9 Å². The minimum atomic E-state index is -0.144. The zero-order chi connectivity index (χ0) is 17.1. The number of nitrogens with one attached hydrogen (secondary N) is 1. The van der Waals surface area contributed by atoms with Crippen LogP contribution in [-0.4, -0.2) is 25.0 Å². The SMILES string of the molecule is O=C(NCc1nnc2n1CCCCC2)C12CC3CC(CC(Br)(C3)C1)C2. The highest BCUT2D eigenvalue weighted by atomic mass is 79.9. The maximum absolute atomic E-state index is 13.2. The van der Waals surface area contributed by atoms with Gasteiger partial charge in [0.05, 0.1) is 12.0 Å². The molecule has 136 valence electrons. The Bertz CT molecular complexity index is 686. The maximum Gasteiger partial charge on any atom is 0.226 e. The molecular weight excluding hydrogens is 380 g/mol. The van der Waals surface area contributed by atoms with Crippen LogP contribution < -0.4 is 5.32 Å². The molecule has 0 spiro atoms. The van der Waals surface area contributed by atoms with Gasteiger partial charge in [0.1, 0.15) is 5.82 Å². The first-order chi connectivity index (χ1) is 12.1. The van der Waals surface area contributed by atoms with E-state index in [0.717, 1.165) is 55.7 Å². The molecule has 1 N–H and O–H groups in total. The van der Waals surface area contributed by atoms with Crippen molar-refractivity contribution >= 4 is 21.8 Å². The van der Waals surface area contributed by atoms with Crippen LogP contribution in [0.4, 0.5) is 0 Å². The second-order valence-electron chi connectivity index (χ2n) is 9.07. The highest BCUT2D eigenvalue weighted by molar-refractivity contribution is 9.10. The van der Waals surface area contributed by atoms with Crippen LogP contribution in [0.15, 0.2) is 0 Å². The van der Waals surface area contributed by atoms with Crippen molar-refractivity contribution in [2.24, 2.45) is 17.3 Å². The third-order valence-corrected chi connectivity index (χ3v) is 7.99. The fourth-order valence-electron chi connectivity index (χ4n) is 6.44. The molecule has 25 heavy (non-hydrogen) atoms. The summed E-state index contributed by atoms with van der Waals surface area (Å²) in [4.78, 5) is 13.2. The lowest BCUT2D eigenvalue weighted by atomic mass is 9.49. The Balaban J connectivity index is 1.31. The molecule has 2 unspecified atom stereocenters. The first-order valence-electron chi connectivity index (χ1n) is 9.94. The predicted molar refractivity (Wildman–Crippen MR) is 98.2 cm³/mol. The molecule has 1 aliphatic heterocycles. The van der Waals surface area contributed by atoms with Gasteiger partial charge >= 0.3 is 0 Å². The van der Waals surface area contributed by atoms with Crippen LogP contribution in [0, 0.1) is 17.3 Å². The van der Waals surface area contributed by atoms with E-state index in [1.54, 1.807) is 0 Å². The molecule has 6 heteroatoms. The van der Waals surface area contributed by atoms with Gasteiger partial charge in [-0.15, -0.1) is 10.2 Å². The Kier molecular flexibility index (Phi) is 3.77. The highest BCUT2D eigenvalue weighted by Gasteiger charge is 2.59. The summed E-state index contributed by atoms with van der Waals surface area (Å²) in [6, 6.07) is 0. The molecule has 1 aromatic rings. The standard InChI is InChI=1S/C19H27BrN4O/c20-19-9-13-6-14(10-19)8-18(7-13,12-19)17(25)21-11-16-23-22-15-4-2-1-3-5-24(15)16/h13-14H,1-12H2,(H,21,25). The molecule has 0 saturated heterocycles. The van der Waals surface area contributed by atoms with Gasteiger partial charge in [-0.1, -0.05) is 22.4 Å². The Hall–Kier alpha value is -0.910. The number of hydrogen-bond donors (Lipinski definition) is 1. The van der Waals surface area contributed by atoms with Gasteiger partial charge in [0.2, 0.25) is 5.91 Å². The molecule has 0 aromatic carbocycles. The number of amides is 1. The predicted octanol–water partition coefficient (Wildman–Crippen LogP) is 3.35. The zero-order valence-corrected chi connectivity index (χ0v) is 16.4. The quantitative estimate of drug-likeness (QED) is 0.782. The minimum Gasteiger partial charge on any atom is -0.348 e. The number of carbonyl (C=O) groups excluding carboxylic acids is 1. The minimum absolute atomic E-state index is 0.144. The number of alkyl halides is 1. The van der Waals surface area contributed by atoms with E-state index in [-0.39, 0.29) is 15.6 Å². The molecule has 5 nitrogen and oxygen atoms in total. The summed E-state index contributed by atoms with van der Waals surface area (Å²) >= 11 is 4.00. The lowest BCUT2D eigenvalue weighted by Crippen LogP contribution is -2.58. The lowest BCUT2D eigenvalue weighted by Gasteiger charge is -2.59. The van der Waals surface area contributed by atoms with Gasteiger partial charge in [0.15, 0.2) is 5.82 Å². The Morgan fingerprint density at radius 2 is 1.96 bits per heavy atom. The fourth-order valence-corrected chi connectivity index (χ4v) is 7.89. The van der Waals surface area contributed by atoms with Crippen LogP contribution in [0.2, 0.25) is 0 Å². The molecule has 1 amide bonds. The smallest absolute Gasteiger partial charge is 0.226 e. The first-order valence-corrected chi connectivity index (χ1v) is 10.7. The van der Waals surface area contributed by atoms with E-state index in [1.807, 2.05) is 0 Å². The molecular formula is C19H27BrN4O. The Morgan fingerprint density at radius 1 is 1.16 bits per heavy atom. The molecule has 2 atom stereocenters. The molecule has 1 aromatic heterocycles. The van der Waals surface area contributed by atoms with Crippen molar-refractivity contribution in [3.8, 4) is 0 Å². The van der Waals surface area contributed by atoms with Gasteiger partial charge in [-0.25, -0.2) is 0 Å². The normalized spacial score (nSPS) is 39.1. The van der Waals surface area contributed by atoms with Gasteiger partial charge in [-0.05, 0) is 63.2 Å². The largest absolute Gasteiger partial charge is 0.348 e. The number of halogens is 1. The number of aromatic nitrogens is 3. The Morgan fingerprint density at radius 3 is 2.72 bits per heavy atom. The van der Waals surface area contributed by atoms with E-state index in [2.05, 4.69) is 36.0 Å². The zero-order valence-electron chi connectivity index (χ0n) is 14.8. The molecule has 4 saturated carbocycles. The summed E-state index contributed by atoms with van der Waals surface area (Å²) in [5.41, 5.74) is -0.144. The molecule has 4 fully saturated rings. The lowest BCUT2D eigenvalue weighted by molar-refractivity contribution is -0.144. The van der Waals surface area contributed by atoms with Crippen molar-refractivity contribution in [1.29, 1.82) is 0 Å². The number of rotatable bonds is 3. The van der Waals surface area contributed by atoms with E-state index in [4.69, 9.17) is 0 Å². The summed E-state index contributed by atoms with van der Waals surface area (Å²) in [7, 11) is 0. The van der Waals surface area contributed by atoms with Crippen molar-refractivity contribution in [2.45, 2.75) is 81.6 Å². The van der Waals surface area contributed by atoms with E-state index in [0.29, 0.717) is 6.54 Å². The van der Waals surface area contributed by atoms with Crippen molar-refractivity contribution in [2.75, 3.05) is 0 Å².